The van der Waals surface area contributed by atoms with Crippen molar-refractivity contribution in [1.82, 2.24) is 4.90 Å². The maximum absolute atomic E-state index is 13.4. The lowest BCUT2D eigenvalue weighted by Gasteiger charge is -2.37. The lowest BCUT2D eigenvalue weighted by Crippen LogP contribution is -2.39. The van der Waals surface area contributed by atoms with Gasteiger partial charge in [-0.1, -0.05) is 42.5 Å². The fourth-order valence-electron chi connectivity index (χ4n) is 2.87. The van der Waals surface area contributed by atoms with Crippen molar-refractivity contribution in [2.24, 2.45) is 0 Å². The quantitative estimate of drug-likeness (QED) is 0.846. The van der Waals surface area contributed by atoms with Crippen LogP contribution < -0.4 is 0 Å². The minimum absolute atomic E-state index is 0.0550. The lowest BCUT2D eigenvalue weighted by atomic mass is 10.0. The Balaban J connectivity index is 1.74. The number of hydrogen-bond donors (Lipinski definition) is 0. The molecule has 2 atom stereocenters. The van der Waals surface area contributed by atoms with Gasteiger partial charge in [0, 0.05) is 19.1 Å². The van der Waals surface area contributed by atoms with Gasteiger partial charge in [0.05, 0.1) is 12.7 Å². The summed E-state index contributed by atoms with van der Waals surface area (Å²) < 4.78 is 19.2. The van der Waals surface area contributed by atoms with E-state index in [-0.39, 0.29) is 11.9 Å². The van der Waals surface area contributed by atoms with E-state index in [1.165, 1.54) is 11.6 Å². The second-order valence-corrected chi connectivity index (χ2v) is 5.50. The topological polar surface area (TPSA) is 12.5 Å². The van der Waals surface area contributed by atoms with Gasteiger partial charge < -0.3 is 4.74 Å². The molecule has 2 nitrogen and oxygen atoms in total. The Morgan fingerprint density at radius 2 is 1.95 bits per heavy atom. The number of nitrogens with zero attached hydrogens (tertiary/aromatic N) is 1. The molecule has 1 aliphatic heterocycles. The normalized spacial score (nSPS) is 21.1. The largest absolute Gasteiger partial charge is 0.371 e. The summed E-state index contributed by atoms with van der Waals surface area (Å²) in [7, 11) is 0. The minimum atomic E-state index is -0.204. The highest BCUT2D eigenvalue weighted by Crippen LogP contribution is 2.28. The Labute approximate surface area is 125 Å². The predicted octanol–water partition coefficient (Wildman–Crippen LogP) is 3.96. The first-order valence-electron chi connectivity index (χ1n) is 7.40. The molecule has 1 saturated heterocycles. The van der Waals surface area contributed by atoms with Gasteiger partial charge >= 0.3 is 0 Å². The monoisotopic (exact) mass is 285 g/mol. The molecule has 0 radical (unpaired) electrons. The zero-order chi connectivity index (χ0) is 14.7. The van der Waals surface area contributed by atoms with E-state index in [1.54, 1.807) is 12.1 Å². The molecule has 0 aromatic heterocycles. The van der Waals surface area contributed by atoms with E-state index in [0.29, 0.717) is 12.6 Å². The van der Waals surface area contributed by atoms with Crippen molar-refractivity contribution in [3.8, 4) is 0 Å². The first-order chi connectivity index (χ1) is 10.2. The van der Waals surface area contributed by atoms with Crippen LogP contribution in [0.2, 0.25) is 0 Å². The van der Waals surface area contributed by atoms with E-state index < -0.39 is 0 Å². The van der Waals surface area contributed by atoms with Crippen LogP contribution in [0.5, 0.6) is 0 Å². The standard InChI is InChI=1S/C18H20FNO/c1-14(15-6-3-2-4-7-15)20-10-11-21-18(13-20)16-8-5-9-17(19)12-16/h2-9,12,14,18H,10-11,13H2,1H3/t14-,18-/m1/s1. The highest BCUT2D eigenvalue weighted by molar-refractivity contribution is 5.21. The lowest BCUT2D eigenvalue weighted by molar-refractivity contribution is -0.0432. The number of halogens is 1. The predicted molar refractivity (Wildman–Crippen MR) is 81.5 cm³/mol. The zero-order valence-electron chi connectivity index (χ0n) is 12.2. The van der Waals surface area contributed by atoms with E-state index >= 15 is 0 Å². The summed E-state index contributed by atoms with van der Waals surface area (Å²) in [5.41, 5.74) is 2.22. The summed E-state index contributed by atoms with van der Waals surface area (Å²) in [5.74, 6) is -0.204. The van der Waals surface area contributed by atoms with Gasteiger partial charge in [-0.2, -0.15) is 0 Å². The van der Waals surface area contributed by atoms with Crippen LogP contribution in [0.1, 0.15) is 30.2 Å². The number of hydrogen-bond acceptors (Lipinski definition) is 2. The summed E-state index contributed by atoms with van der Waals surface area (Å²) in [6.07, 6.45) is -0.0550. The third-order valence-electron chi connectivity index (χ3n) is 4.15. The van der Waals surface area contributed by atoms with Crippen molar-refractivity contribution >= 4 is 0 Å². The van der Waals surface area contributed by atoms with Crippen LogP contribution in [0.3, 0.4) is 0 Å². The average molecular weight is 285 g/mol. The van der Waals surface area contributed by atoms with Gasteiger partial charge in [0.25, 0.3) is 0 Å². The molecule has 2 aromatic carbocycles. The maximum Gasteiger partial charge on any atom is 0.123 e. The maximum atomic E-state index is 13.4. The molecule has 0 saturated carbocycles. The Hall–Kier alpha value is -1.71. The summed E-state index contributed by atoms with van der Waals surface area (Å²) >= 11 is 0. The van der Waals surface area contributed by atoms with Crippen LogP contribution in [0, 0.1) is 5.82 Å². The van der Waals surface area contributed by atoms with E-state index in [9.17, 15) is 4.39 Å². The number of rotatable bonds is 3. The third kappa shape index (κ3) is 3.31. The molecule has 1 aliphatic rings. The molecule has 0 aliphatic carbocycles. The van der Waals surface area contributed by atoms with Crippen molar-refractivity contribution in [2.75, 3.05) is 19.7 Å². The van der Waals surface area contributed by atoms with Crippen molar-refractivity contribution in [2.45, 2.75) is 19.1 Å². The fraction of sp³-hybridized carbons (Fsp3) is 0.333. The molecule has 110 valence electrons. The molecule has 2 aromatic rings. The Morgan fingerprint density at radius 1 is 1.14 bits per heavy atom. The first kappa shape index (κ1) is 14.2. The van der Waals surface area contributed by atoms with E-state index in [4.69, 9.17) is 4.74 Å². The van der Waals surface area contributed by atoms with Crippen LogP contribution in [0.25, 0.3) is 0 Å². The highest BCUT2D eigenvalue weighted by atomic mass is 19.1. The Kier molecular flexibility index (Phi) is 4.32. The molecule has 0 bridgehead atoms. The molecule has 3 heteroatoms. The van der Waals surface area contributed by atoms with Crippen LogP contribution in [-0.4, -0.2) is 24.6 Å². The van der Waals surface area contributed by atoms with Crippen molar-refractivity contribution < 1.29 is 9.13 Å². The van der Waals surface area contributed by atoms with Crippen LogP contribution in [0.15, 0.2) is 54.6 Å². The summed E-state index contributed by atoms with van der Waals surface area (Å²) in [6, 6.07) is 17.5. The van der Waals surface area contributed by atoms with Gasteiger partial charge in [0.15, 0.2) is 0 Å². The summed E-state index contributed by atoms with van der Waals surface area (Å²) in [5, 5.41) is 0. The summed E-state index contributed by atoms with van der Waals surface area (Å²) in [4.78, 5) is 2.40. The van der Waals surface area contributed by atoms with Gasteiger partial charge in [0.1, 0.15) is 5.82 Å². The molecule has 0 N–H and O–H groups in total. The molecule has 21 heavy (non-hydrogen) atoms. The number of morpholine rings is 1. The van der Waals surface area contributed by atoms with Crippen LogP contribution in [0.4, 0.5) is 4.39 Å². The van der Waals surface area contributed by atoms with Crippen LogP contribution >= 0.6 is 0 Å². The molecule has 1 heterocycles. The number of benzene rings is 2. The van der Waals surface area contributed by atoms with Gasteiger partial charge in [-0.25, -0.2) is 4.39 Å². The van der Waals surface area contributed by atoms with Crippen molar-refractivity contribution in [3.63, 3.8) is 0 Å². The van der Waals surface area contributed by atoms with E-state index in [0.717, 1.165) is 18.7 Å². The first-order valence-corrected chi connectivity index (χ1v) is 7.40. The second-order valence-electron chi connectivity index (χ2n) is 5.50. The molecule has 0 spiro atoms. The van der Waals surface area contributed by atoms with Gasteiger partial charge in [-0.15, -0.1) is 0 Å². The number of ether oxygens (including phenoxy) is 1. The fourth-order valence-corrected chi connectivity index (χ4v) is 2.87. The second kappa shape index (κ2) is 6.37. The van der Waals surface area contributed by atoms with Crippen molar-refractivity contribution in [1.29, 1.82) is 0 Å². The molecule has 0 amide bonds. The van der Waals surface area contributed by atoms with Gasteiger partial charge in [-0.3, -0.25) is 4.90 Å². The molecular formula is C18H20FNO. The molecule has 1 fully saturated rings. The van der Waals surface area contributed by atoms with E-state index in [1.807, 2.05) is 12.1 Å². The zero-order valence-corrected chi connectivity index (χ0v) is 12.2. The smallest absolute Gasteiger partial charge is 0.123 e. The van der Waals surface area contributed by atoms with Gasteiger partial charge in [-0.05, 0) is 30.2 Å². The summed E-state index contributed by atoms with van der Waals surface area (Å²) in [6.45, 7) is 4.59. The molecular weight excluding hydrogens is 265 g/mol. The average Bonchev–Trinajstić information content (AvgIpc) is 2.55. The Morgan fingerprint density at radius 3 is 2.71 bits per heavy atom. The minimum Gasteiger partial charge on any atom is -0.371 e. The van der Waals surface area contributed by atoms with E-state index in [2.05, 4.69) is 36.1 Å². The SMILES string of the molecule is C[C@H](c1ccccc1)N1CCO[C@@H](c2cccc(F)c2)C1. The van der Waals surface area contributed by atoms with Crippen molar-refractivity contribution in [3.05, 3.63) is 71.5 Å². The van der Waals surface area contributed by atoms with Crippen LogP contribution in [-0.2, 0) is 4.74 Å². The van der Waals surface area contributed by atoms with Gasteiger partial charge in [0.2, 0.25) is 0 Å². The molecule has 0 unspecified atom stereocenters. The highest BCUT2D eigenvalue weighted by Gasteiger charge is 2.26. The third-order valence-corrected chi connectivity index (χ3v) is 4.15. The molecule has 3 rings (SSSR count). The Bertz CT molecular complexity index is 587.